The van der Waals surface area contributed by atoms with E-state index >= 15 is 0 Å². The van der Waals surface area contributed by atoms with Crippen molar-refractivity contribution in [2.45, 2.75) is 18.2 Å². The van der Waals surface area contributed by atoms with Gasteiger partial charge in [-0.3, -0.25) is 4.98 Å². The number of sulfonamides is 1. The summed E-state index contributed by atoms with van der Waals surface area (Å²) in [6.45, 7) is 2.26. The van der Waals surface area contributed by atoms with Gasteiger partial charge in [0, 0.05) is 26.0 Å². The van der Waals surface area contributed by atoms with Gasteiger partial charge in [0.1, 0.15) is 4.90 Å². The first-order valence-corrected chi connectivity index (χ1v) is 8.06. The summed E-state index contributed by atoms with van der Waals surface area (Å²) in [5, 5.41) is 0. The molecule has 0 bridgehead atoms. The molecule has 0 unspecified atom stereocenters. The van der Waals surface area contributed by atoms with E-state index < -0.39 is 10.0 Å². The lowest BCUT2D eigenvalue weighted by atomic mass is 10.2. The molecule has 2 rings (SSSR count). The number of hydrogen-bond acceptors (Lipinski definition) is 4. The number of aryl methyl sites for hydroxylation is 1. The molecule has 0 radical (unpaired) electrons. The van der Waals surface area contributed by atoms with Crippen LogP contribution in [0, 0.1) is 6.92 Å². The molecular weight excluding hydrogens is 286 g/mol. The molecule has 0 spiro atoms. The van der Waals surface area contributed by atoms with Gasteiger partial charge in [-0.25, -0.2) is 12.7 Å². The lowest BCUT2D eigenvalue weighted by Crippen LogP contribution is -2.29. The van der Waals surface area contributed by atoms with Crippen LogP contribution >= 0.6 is 0 Å². The molecule has 0 saturated heterocycles. The second kappa shape index (κ2) is 6.24. The average Bonchev–Trinajstić information content (AvgIpc) is 2.45. The molecule has 0 fully saturated rings. The quantitative estimate of drug-likeness (QED) is 0.855. The first-order valence-electron chi connectivity index (χ1n) is 6.62. The molecule has 0 aliphatic rings. The van der Waals surface area contributed by atoms with E-state index in [9.17, 15) is 8.42 Å². The Hall–Kier alpha value is -1.92. The van der Waals surface area contributed by atoms with Gasteiger partial charge in [-0.05, 0) is 48.7 Å². The summed E-state index contributed by atoms with van der Waals surface area (Å²) in [5.74, 6) is 0. The molecule has 0 saturated carbocycles. The van der Waals surface area contributed by atoms with Gasteiger partial charge in [-0.2, -0.15) is 0 Å². The van der Waals surface area contributed by atoms with E-state index in [2.05, 4.69) is 4.98 Å². The molecule has 1 aromatic carbocycles. The van der Waals surface area contributed by atoms with Crippen molar-refractivity contribution in [3.63, 3.8) is 0 Å². The number of hydrogen-bond donors (Lipinski definition) is 1. The van der Waals surface area contributed by atoms with E-state index in [0.717, 1.165) is 11.1 Å². The van der Waals surface area contributed by atoms with Gasteiger partial charge in [-0.15, -0.1) is 0 Å². The van der Waals surface area contributed by atoms with E-state index in [-0.39, 0.29) is 10.6 Å². The highest BCUT2D eigenvalue weighted by molar-refractivity contribution is 7.89. The molecule has 112 valence electrons. The number of anilines is 1. The minimum atomic E-state index is -3.56. The van der Waals surface area contributed by atoms with Gasteiger partial charge >= 0.3 is 0 Å². The Morgan fingerprint density at radius 1 is 1.19 bits per heavy atom. The summed E-state index contributed by atoms with van der Waals surface area (Å²) < 4.78 is 26.4. The zero-order valence-electron chi connectivity index (χ0n) is 12.2. The van der Waals surface area contributed by atoms with Crippen molar-refractivity contribution in [1.82, 2.24) is 9.29 Å². The van der Waals surface area contributed by atoms with Crippen LogP contribution in [0.25, 0.3) is 0 Å². The predicted octanol–water partition coefficient (Wildman–Crippen LogP) is 1.84. The molecule has 21 heavy (non-hydrogen) atoms. The van der Waals surface area contributed by atoms with Gasteiger partial charge in [0.2, 0.25) is 10.0 Å². The fourth-order valence-corrected chi connectivity index (χ4v) is 3.29. The molecule has 1 aromatic heterocycles. The van der Waals surface area contributed by atoms with Crippen LogP contribution in [0.5, 0.6) is 0 Å². The number of aromatic nitrogens is 1. The van der Waals surface area contributed by atoms with Crippen molar-refractivity contribution in [3.8, 4) is 0 Å². The highest BCUT2D eigenvalue weighted by Crippen LogP contribution is 2.22. The fraction of sp³-hybridized carbons (Fsp3) is 0.267. The van der Waals surface area contributed by atoms with Crippen LogP contribution in [-0.2, 0) is 16.4 Å². The molecule has 0 aliphatic heterocycles. The largest absolute Gasteiger partial charge is 0.398 e. The van der Waals surface area contributed by atoms with E-state index in [1.165, 1.54) is 4.31 Å². The summed E-state index contributed by atoms with van der Waals surface area (Å²) in [7, 11) is -2.00. The van der Waals surface area contributed by atoms with Crippen LogP contribution in [0.1, 0.15) is 11.1 Å². The lowest BCUT2D eigenvalue weighted by molar-refractivity contribution is 0.473. The molecule has 6 heteroatoms. The van der Waals surface area contributed by atoms with Crippen LogP contribution in [0.4, 0.5) is 5.69 Å². The summed E-state index contributed by atoms with van der Waals surface area (Å²) in [5.41, 5.74) is 8.10. The van der Waals surface area contributed by atoms with E-state index in [1.54, 1.807) is 37.6 Å². The Labute approximate surface area is 125 Å². The summed E-state index contributed by atoms with van der Waals surface area (Å²) in [6.07, 6.45) is 4.02. The number of likely N-dealkylation sites (N-methyl/N-ethyl adjacent to an activating group) is 1. The topological polar surface area (TPSA) is 76.3 Å². The summed E-state index contributed by atoms with van der Waals surface area (Å²) >= 11 is 0. The smallest absolute Gasteiger partial charge is 0.244 e. The van der Waals surface area contributed by atoms with Crippen molar-refractivity contribution in [2.75, 3.05) is 19.3 Å². The van der Waals surface area contributed by atoms with Gasteiger partial charge < -0.3 is 5.73 Å². The molecule has 2 N–H and O–H groups in total. The molecule has 5 nitrogen and oxygen atoms in total. The third-order valence-electron chi connectivity index (χ3n) is 3.32. The van der Waals surface area contributed by atoms with Crippen molar-refractivity contribution in [2.24, 2.45) is 0 Å². The molecular formula is C15H19N3O2S. The Kier molecular flexibility index (Phi) is 4.59. The Morgan fingerprint density at radius 3 is 2.48 bits per heavy atom. The van der Waals surface area contributed by atoms with Crippen LogP contribution in [0.3, 0.4) is 0 Å². The zero-order chi connectivity index (χ0) is 15.5. The molecule has 1 heterocycles. The SMILES string of the molecule is Cc1ccc(S(=O)(=O)N(C)CCc2ccncc2)c(N)c1. The van der Waals surface area contributed by atoms with Crippen molar-refractivity contribution in [1.29, 1.82) is 0 Å². The first-order chi connectivity index (χ1) is 9.91. The maximum Gasteiger partial charge on any atom is 0.244 e. The Balaban J connectivity index is 2.15. The Bertz CT molecular complexity index is 715. The average molecular weight is 305 g/mol. The summed E-state index contributed by atoms with van der Waals surface area (Å²) in [4.78, 5) is 4.10. The number of nitrogens with zero attached hydrogens (tertiary/aromatic N) is 2. The highest BCUT2D eigenvalue weighted by atomic mass is 32.2. The molecule has 0 amide bonds. The van der Waals surface area contributed by atoms with E-state index in [0.29, 0.717) is 13.0 Å². The van der Waals surface area contributed by atoms with Gasteiger partial charge in [0.05, 0.1) is 5.69 Å². The number of nitrogens with two attached hydrogens (primary N) is 1. The second-order valence-corrected chi connectivity index (χ2v) is 6.99. The fourth-order valence-electron chi connectivity index (χ4n) is 2.03. The van der Waals surface area contributed by atoms with E-state index in [1.807, 2.05) is 19.1 Å². The monoisotopic (exact) mass is 305 g/mol. The molecule has 0 aliphatic carbocycles. The third-order valence-corrected chi connectivity index (χ3v) is 5.25. The van der Waals surface area contributed by atoms with Crippen LogP contribution < -0.4 is 5.73 Å². The minimum Gasteiger partial charge on any atom is -0.398 e. The van der Waals surface area contributed by atoms with Gasteiger partial charge in [0.25, 0.3) is 0 Å². The maximum absolute atomic E-state index is 12.5. The first kappa shape index (κ1) is 15.5. The Morgan fingerprint density at radius 2 is 1.86 bits per heavy atom. The van der Waals surface area contributed by atoms with Gasteiger partial charge in [-0.1, -0.05) is 6.07 Å². The standard InChI is InChI=1S/C15H19N3O2S/c1-12-3-4-15(14(16)11-12)21(19,20)18(2)10-7-13-5-8-17-9-6-13/h3-6,8-9,11H,7,10,16H2,1-2H3. The number of nitrogen functional groups attached to an aromatic ring is 1. The van der Waals surface area contributed by atoms with Crippen molar-refractivity contribution >= 4 is 15.7 Å². The lowest BCUT2D eigenvalue weighted by Gasteiger charge is -2.18. The highest BCUT2D eigenvalue weighted by Gasteiger charge is 2.22. The maximum atomic E-state index is 12.5. The summed E-state index contributed by atoms with van der Waals surface area (Å²) in [6, 6.07) is 8.73. The number of rotatable bonds is 5. The molecule has 2 aromatic rings. The number of benzene rings is 1. The predicted molar refractivity (Wildman–Crippen MR) is 83.3 cm³/mol. The van der Waals surface area contributed by atoms with Crippen molar-refractivity contribution in [3.05, 3.63) is 53.9 Å². The van der Waals surface area contributed by atoms with E-state index in [4.69, 9.17) is 5.73 Å². The minimum absolute atomic E-state index is 0.158. The third kappa shape index (κ3) is 3.59. The second-order valence-electron chi connectivity index (χ2n) is 4.97. The van der Waals surface area contributed by atoms with Crippen LogP contribution in [0.15, 0.2) is 47.6 Å². The normalized spacial score (nSPS) is 11.8. The molecule has 0 atom stereocenters. The van der Waals surface area contributed by atoms with Crippen molar-refractivity contribution < 1.29 is 8.42 Å². The van der Waals surface area contributed by atoms with Gasteiger partial charge in [0.15, 0.2) is 0 Å². The van der Waals surface area contributed by atoms with Crippen LogP contribution in [0.2, 0.25) is 0 Å². The zero-order valence-corrected chi connectivity index (χ0v) is 13.0. The van der Waals surface area contributed by atoms with Crippen LogP contribution in [-0.4, -0.2) is 31.3 Å². The number of pyridine rings is 1.